The van der Waals surface area contributed by atoms with E-state index in [1.165, 1.54) is 12.4 Å². The summed E-state index contributed by atoms with van der Waals surface area (Å²) in [6.07, 6.45) is 2.36. The quantitative estimate of drug-likeness (QED) is 0.850. The minimum atomic E-state index is -1.18. The highest BCUT2D eigenvalue weighted by molar-refractivity contribution is 6.28. The first-order valence-corrected chi connectivity index (χ1v) is 5.14. The number of rotatable bonds is 2. The number of carbonyl (C=O) groups is 1. The molecule has 1 aromatic carbocycles. The van der Waals surface area contributed by atoms with Crippen LogP contribution in [0.4, 0.5) is 8.78 Å². The van der Waals surface area contributed by atoms with E-state index in [2.05, 4.69) is 9.97 Å². The van der Waals surface area contributed by atoms with Crippen LogP contribution in [-0.4, -0.2) is 15.9 Å². The normalized spacial score (nSPS) is 10.4. The third-order valence-electron chi connectivity index (χ3n) is 2.27. The van der Waals surface area contributed by atoms with Crippen LogP contribution < -0.4 is 5.73 Å². The smallest absolute Gasteiger partial charge is 0.249 e. The van der Waals surface area contributed by atoms with Gasteiger partial charge in [0.05, 0.1) is 5.56 Å². The molecule has 0 atom stereocenters. The first-order chi connectivity index (χ1) is 8.50. The first kappa shape index (κ1) is 12.4. The molecule has 2 rings (SSSR count). The lowest BCUT2D eigenvalue weighted by Gasteiger charge is -2.08. The Bertz CT molecular complexity index is 616. The second kappa shape index (κ2) is 4.66. The number of nitrogens with zero attached hydrogens (tertiary/aromatic N) is 2. The highest BCUT2D eigenvalue weighted by atomic mass is 35.5. The van der Waals surface area contributed by atoms with Crippen LogP contribution in [0.15, 0.2) is 24.5 Å². The number of hydrogen-bond acceptors (Lipinski definition) is 3. The van der Waals surface area contributed by atoms with E-state index >= 15 is 0 Å². The highest BCUT2D eigenvalue weighted by Gasteiger charge is 2.19. The second-order valence-electron chi connectivity index (χ2n) is 3.39. The van der Waals surface area contributed by atoms with Crippen molar-refractivity contribution in [2.45, 2.75) is 0 Å². The van der Waals surface area contributed by atoms with Crippen molar-refractivity contribution in [1.82, 2.24) is 9.97 Å². The fourth-order valence-corrected chi connectivity index (χ4v) is 1.58. The van der Waals surface area contributed by atoms with E-state index in [-0.39, 0.29) is 22.0 Å². The van der Waals surface area contributed by atoms with Gasteiger partial charge in [0.15, 0.2) is 11.6 Å². The van der Waals surface area contributed by atoms with E-state index in [4.69, 9.17) is 17.3 Å². The number of halogens is 3. The summed E-state index contributed by atoms with van der Waals surface area (Å²) in [5.74, 6) is -3.15. The number of aromatic nitrogens is 2. The Hall–Kier alpha value is -2.08. The Balaban J connectivity index is 2.71. The van der Waals surface area contributed by atoms with Crippen LogP contribution >= 0.6 is 11.6 Å². The maximum atomic E-state index is 13.7. The molecule has 92 valence electrons. The minimum absolute atomic E-state index is 0.0452. The van der Waals surface area contributed by atoms with Gasteiger partial charge in [-0.25, -0.2) is 18.7 Å². The van der Waals surface area contributed by atoms with Gasteiger partial charge in [-0.1, -0.05) is 0 Å². The average molecular weight is 270 g/mol. The number of amides is 1. The molecule has 2 N–H and O–H groups in total. The standard InChI is InChI=1S/C11H6ClF2N3O/c12-11-16-3-5(4-17-11)8-6(10(15)18)1-2-7(13)9(8)14/h1-4H,(H2,15,18). The van der Waals surface area contributed by atoms with E-state index in [9.17, 15) is 13.6 Å². The summed E-state index contributed by atoms with van der Waals surface area (Å²) in [6.45, 7) is 0. The summed E-state index contributed by atoms with van der Waals surface area (Å²) in [5.41, 5.74) is 4.79. The molecule has 18 heavy (non-hydrogen) atoms. The molecule has 2 aromatic rings. The van der Waals surface area contributed by atoms with Crippen LogP contribution in [0.1, 0.15) is 10.4 Å². The van der Waals surface area contributed by atoms with E-state index in [1.807, 2.05) is 0 Å². The maximum absolute atomic E-state index is 13.7. The van der Waals surface area contributed by atoms with Gasteiger partial charge < -0.3 is 5.73 Å². The average Bonchev–Trinajstić information content (AvgIpc) is 2.33. The molecule has 0 radical (unpaired) electrons. The van der Waals surface area contributed by atoms with Gasteiger partial charge in [0.1, 0.15) is 0 Å². The van der Waals surface area contributed by atoms with Gasteiger partial charge in [-0.05, 0) is 23.7 Å². The fourth-order valence-electron chi connectivity index (χ4n) is 1.48. The molecule has 1 heterocycles. The third-order valence-corrected chi connectivity index (χ3v) is 2.46. The number of primary amides is 1. The van der Waals surface area contributed by atoms with Crippen LogP contribution in [0.3, 0.4) is 0 Å². The summed E-state index contributed by atoms with van der Waals surface area (Å²) < 4.78 is 26.9. The lowest BCUT2D eigenvalue weighted by molar-refractivity contribution is 0.100. The monoisotopic (exact) mass is 269 g/mol. The van der Waals surface area contributed by atoms with E-state index in [1.54, 1.807) is 0 Å². The Labute approximate surface area is 105 Å². The minimum Gasteiger partial charge on any atom is -0.366 e. The topological polar surface area (TPSA) is 68.9 Å². The van der Waals surface area contributed by atoms with Crippen molar-refractivity contribution in [3.63, 3.8) is 0 Å². The van der Waals surface area contributed by atoms with Crippen molar-refractivity contribution in [2.24, 2.45) is 5.73 Å². The van der Waals surface area contributed by atoms with Crippen molar-refractivity contribution in [1.29, 1.82) is 0 Å². The molecule has 1 aromatic heterocycles. The molecule has 1 amide bonds. The van der Waals surface area contributed by atoms with E-state index < -0.39 is 17.5 Å². The lowest BCUT2D eigenvalue weighted by atomic mass is 10.0. The number of nitrogens with two attached hydrogens (primary N) is 1. The van der Waals surface area contributed by atoms with E-state index in [0.717, 1.165) is 12.1 Å². The number of hydrogen-bond donors (Lipinski definition) is 1. The van der Waals surface area contributed by atoms with Crippen LogP contribution in [0, 0.1) is 11.6 Å². The Morgan fingerprint density at radius 2 is 1.83 bits per heavy atom. The SMILES string of the molecule is NC(=O)c1ccc(F)c(F)c1-c1cnc(Cl)nc1. The maximum Gasteiger partial charge on any atom is 0.249 e. The van der Waals surface area contributed by atoms with Crippen LogP contribution in [0.2, 0.25) is 5.28 Å². The van der Waals surface area contributed by atoms with Gasteiger partial charge in [0.2, 0.25) is 11.2 Å². The molecule has 0 fully saturated rings. The van der Waals surface area contributed by atoms with Crippen molar-refractivity contribution < 1.29 is 13.6 Å². The Morgan fingerprint density at radius 3 is 2.39 bits per heavy atom. The van der Waals surface area contributed by atoms with Gasteiger partial charge in [0.25, 0.3) is 0 Å². The predicted molar refractivity (Wildman–Crippen MR) is 60.9 cm³/mol. The summed E-state index contributed by atoms with van der Waals surface area (Å²) >= 11 is 5.49. The highest BCUT2D eigenvalue weighted by Crippen LogP contribution is 2.27. The Morgan fingerprint density at radius 1 is 1.22 bits per heavy atom. The molecule has 0 spiro atoms. The van der Waals surface area contributed by atoms with Crippen LogP contribution in [-0.2, 0) is 0 Å². The first-order valence-electron chi connectivity index (χ1n) is 4.76. The van der Waals surface area contributed by atoms with Gasteiger partial charge in [-0.3, -0.25) is 4.79 Å². The third kappa shape index (κ3) is 2.14. The van der Waals surface area contributed by atoms with Crippen molar-refractivity contribution in [3.8, 4) is 11.1 Å². The molecule has 0 aliphatic carbocycles. The van der Waals surface area contributed by atoms with Gasteiger partial charge in [-0.2, -0.15) is 0 Å². The molecule has 0 aliphatic heterocycles. The molecule has 7 heteroatoms. The second-order valence-corrected chi connectivity index (χ2v) is 3.73. The zero-order valence-corrected chi connectivity index (χ0v) is 9.58. The number of carbonyl (C=O) groups excluding carboxylic acids is 1. The molecule has 4 nitrogen and oxygen atoms in total. The largest absolute Gasteiger partial charge is 0.366 e. The molecular formula is C11H6ClF2N3O. The molecule has 0 saturated carbocycles. The van der Waals surface area contributed by atoms with E-state index in [0.29, 0.717) is 0 Å². The molecule has 0 bridgehead atoms. The fraction of sp³-hybridized carbons (Fsp3) is 0. The predicted octanol–water partition coefficient (Wildman–Crippen LogP) is 2.17. The number of benzene rings is 1. The van der Waals surface area contributed by atoms with Crippen LogP contribution in [0.25, 0.3) is 11.1 Å². The molecule has 0 saturated heterocycles. The van der Waals surface area contributed by atoms with Crippen molar-refractivity contribution in [3.05, 3.63) is 47.0 Å². The van der Waals surface area contributed by atoms with Crippen LogP contribution in [0.5, 0.6) is 0 Å². The zero-order chi connectivity index (χ0) is 13.3. The Kier molecular flexibility index (Phi) is 3.20. The van der Waals surface area contributed by atoms with Gasteiger partial charge in [0, 0.05) is 23.5 Å². The lowest BCUT2D eigenvalue weighted by Crippen LogP contribution is -2.14. The molecule has 0 unspecified atom stereocenters. The van der Waals surface area contributed by atoms with Gasteiger partial charge in [-0.15, -0.1) is 0 Å². The summed E-state index contributed by atoms with van der Waals surface area (Å²) in [7, 11) is 0. The molecule has 0 aliphatic rings. The zero-order valence-electron chi connectivity index (χ0n) is 8.82. The summed E-state index contributed by atoms with van der Waals surface area (Å²) in [4.78, 5) is 18.5. The van der Waals surface area contributed by atoms with Gasteiger partial charge >= 0.3 is 0 Å². The molecular weight excluding hydrogens is 264 g/mol. The van der Waals surface area contributed by atoms with Crippen molar-refractivity contribution >= 4 is 17.5 Å². The van der Waals surface area contributed by atoms with Crippen molar-refractivity contribution in [2.75, 3.05) is 0 Å². The summed E-state index contributed by atoms with van der Waals surface area (Å²) in [5, 5.41) is -0.0452. The summed E-state index contributed by atoms with van der Waals surface area (Å²) in [6, 6.07) is 1.93.